The van der Waals surface area contributed by atoms with Crippen molar-refractivity contribution in [2.75, 3.05) is 57.3 Å². The second kappa shape index (κ2) is 15.6. The molecule has 212 valence electrons. The van der Waals surface area contributed by atoms with Gasteiger partial charge in [-0.05, 0) is 77.2 Å². The van der Waals surface area contributed by atoms with Gasteiger partial charge in [0.25, 0.3) is 0 Å². The van der Waals surface area contributed by atoms with Gasteiger partial charge in [0.2, 0.25) is 0 Å². The SMILES string of the molecule is C=C/C(=C\C=C/C)CNC(=C)c1cnc(N2CCN(C3CCN(C/C(C)=C/C=C(/C)CC)CC3)CC2)c(C)c1. The summed E-state index contributed by atoms with van der Waals surface area (Å²) in [6, 6.07) is 2.92. The summed E-state index contributed by atoms with van der Waals surface area (Å²) >= 11 is 0. The molecule has 2 aliphatic heterocycles. The quantitative estimate of drug-likeness (QED) is 0.312. The number of anilines is 1. The first-order chi connectivity index (χ1) is 18.8. The Morgan fingerprint density at radius 2 is 1.74 bits per heavy atom. The summed E-state index contributed by atoms with van der Waals surface area (Å²) in [5, 5.41) is 3.42. The minimum absolute atomic E-state index is 0.695. The zero-order valence-corrected chi connectivity index (χ0v) is 25.2. The van der Waals surface area contributed by atoms with Crippen molar-refractivity contribution in [1.29, 1.82) is 0 Å². The van der Waals surface area contributed by atoms with Crippen LogP contribution in [0, 0.1) is 6.92 Å². The Bertz CT molecular complexity index is 1080. The largest absolute Gasteiger partial charge is 0.381 e. The Labute approximate surface area is 238 Å². The average molecular weight is 530 g/mol. The molecule has 0 bridgehead atoms. The van der Waals surface area contributed by atoms with Gasteiger partial charge in [0.1, 0.15) is 5.82 Å². The highest BCUT2D eigenvalue weighted by molar-refractivity contribution is 5.64. The lowest BCUT2D eigenvalue weighted by atomic mass is 10.0. The Morgan fingerprint density at radius 1 is 1.05 bits per heavy atom. The van der Waals surface area contributed by atoms with Gasteiger partial charge < -0.3 is 10.2 Å². The molecule has 0 saturated carbocycles. The van der Waals surface area contributed by atoms with Crippen molar-refractivity contribution in [3.8, 4) is 0 Å². The average Bonchev–Trinajstić information content (AvgIpc) is 2.96. The van der Waals surface area contributed by atoms with Gasteiger partial charge in [0.15, 0.2) is 0 Å². The molecule has 0 amide bonds. The van der Waals surface area contributed by atoms with E-state index in [-0.39, 0.29) is 0 Å². The number of aryl methyl sites for hydroxylation is 1. The lowest BCUT2D eigenvalue weighted by Crippen LogP contribution is -2.53. The Balaban J connectivity index is 1.46. The number of likely N-dealkylation sites (tertiary alicyclic amines) is 1. The van der Waals surface area contributed by atoms with Crippen LogP contribution in [0.4, 0.5) is 5.82 Å². The Morgan fingerprint density at radius 3 is 2.36 bits per heavy atom. The number of hydrogen-bond acceptors (Lipinski definition) is 5. The summed E-state index contributed by atoms with van der Waals surface area (Å²) in [5.74, 6) is 1.11. The number of hydrogen-bond donors (Lipinski definition) is 1. The predicted molar refractivity (Wildman–Crippen MR) is 170 cm³/mol. The molecule has 39 heavy (non-hydrogen) atoms. The second-order valence-corrected chi connectivity index (χ2v) is 11.1. The van der Waals surface area contributed by atoms with Gasteiger partial charge in [-0.15, -0.1) is 0 Å². The normalized spacial score (nSPS) is 19.1. The maximum absolute atomic E-state index is 4.87. The lowest BCUT2D eigenvalue weighted by molar-refractivity contribution is 0.107. The molecule has 5 nitrogen and oxygen atoms in total. The van der Waals surface area contributed by atoms with Crippen LogP contribution in [0.15, 0.2) is 78.6 Å². The highest BCUT2D eigenvalue weighted by Crippen LogP contribution is 2.24. The van der Waals surface area contributed by atoms with Crippen LogP contribution >= 0.6 is 0 Å². The molecular formula is C34H51N5. The second-order valence-electron chi connectivity index (χ2n) is 11.1. The molecule has 0 aromatic carbocycles. The molecule has 2 fully saturated rings. The Kier molecular flexibility index (Phi) is 12.3. The molecule has 0 aliphatic carbocycles. The summed E-state index contributed by atoms with van der Waals surface area (Å²) in [7, 11) is 0. The van der Waals surface area contributed by atoms with Crippen LogP contribution < -0.4 is 10.2 Å². The summed E-state index contributed by atoms with van der Waals surface area (Å²) in [6.07, 6.45) is 18.2. The number of aromatic nitrogens is 1. The van der Waals surface area contributed by atoms with Crippen molar-refractivity contribution in [2.24, 2.45) is 0 Å². The molecular weight excluding hydrogens is 478 g/mol. The van der Waals surface area contributed by atoms with Crippen molar-refractivity contribution >= 4 is 11.5 Å². The topological polar surface area (TPSA) is 34.6 Å². The standard InChI is InChI=1S/C34H51N5/c1-8-11-12-31(10-3)24-35-30(7)32-23-29(6)34(36-25-32)39-21-19-38(20-22-39)33-15-17-37(18-16-33)26-28(5)14-13-27(4)9-2/h8,10-14,23,25,33,35H,3,7,9,15-22,24,26H2,1-2,4-6H3/b11-8-,27-13-,28-14+,31-12+. The van der Waals surface area contributed by atoms with E-state index in [1.54, 1.807) is 0 Å². The summed E-state index contributed by atoms with van der Waals surface area (Å²) in [4.78, 5) is 12.7. The van der Waals surface area contributed by atoms with E-state index >= 15 is 0 Å². The van der Waals surface area contributed by atoms with E-state index in [2.05, 4.69) is 85.2 Å². The van der Waals surface area contributed by atoms with Gasteiger partial charge in [0.05, 0.1) is 0 Å². The van der Waals surface area contributed by atoms with Crippen molar-refractivity contribution in [3.63, 3.8) is 0 Å². The van der Waals surface area contributed by atoms with Crippen molar-refractivity contribution in [3.05, 3.63) is 89.7 Å². The van der Waals surface area contributed by atoms with E-state index in [1.165, 1.54) is 42.6 Å². The number of piperidine rings is 1. The van der Waals surface area contributed by atoms with E-state index < -0.39 is 0 Å². The molecule has 0 unspecified atom stereocenters. The number of rotatable bonds is 12. The van der Waals surface area contributed by atoms with E-state index in [0.717, 1.165) is 61.8 Å². The first-order valence-electron chi connectivity index (χ1n) is 14.7. The first-order valence-corrected chi connectivity index (χ1v) is 14.7. The molecule has 1 N–H and O–H groups in total. The molecule has 1 aromatic rings. The number of allylic oxidation sites excluding steroid dienone is 6. The molecule has 2 saturated heterocycles. The third-order valence-corrected chi connectivity index (χ3v) is 8.04. The minimum Gasteiger partial charge on any atom is -0.381 e. The zero-order chi connectivity index (χ0) is 28.2. The summed E-state index contributed by atoms with van der Waals surface area (Å²) < 4.78 is 0. The van der Waals surface area contributed by atoms with Gasteiger partial charge in [0, 0.05) is 62.8 Å². The molecule has 3 rings (SSSR count). The number of nitrogens with zero attached hydrogens (tertiary/aromatic N) is 4. The van der Waals surface area contributed by atoms with Gasteiger partial charge in [-0.25, -0.2) is 4.98 Å². The highest BCUT2D eigenvalue weighted by atomic mass is 15.3. The Hall–Kier alpha value is -2.89. The fourth-order valence-corrected chi connectivity index (χ4v) is 5.34. The summed E-state index contributed by atoms with van der Waals surface area (Å²) in [5.41, 5.74) is 7.17. The molecule has 0 radical (unpaired) electrons. The molecule has 2 aliphatic rings. The number of nitrogens with one attached hydrogen (secondary N) is 1. The maximum atomic E-state index is 4.87. The number of piperazine rings is 1. The van der Waals surface area contributed by atoms with Gasteiger partial charge in [-0.3, -0.25) is 9.80 Å². The third kappa shape index (κ3) is 9.36. The fraction of sp³-hybridized carbons (Fsp3) is 0.500. The molecule has 3 heterocycles. The molecule has 0 spiro atoms. The van der Waals surface area contributed by atoms with E-state index in [1.807, 2.05) is 31.3 Å². The van der Waals surface area contributed by atoms with Crippen LogP contribution in [-0.2, 0) is 0 Å². The smallest absolute Gasteiger partial charge is 0.131 e. The maximum Gasteiger partial charge on any atom is 0.131 e. The highest BCUT2D eigenvalue weighted by Gasteiger charge is 2.28. The van der Waals surface area contributed by atoms with E-state index in [9.17, 15) is 0 Å². The van der Waals surface area contributed by atoms with Gasteiger partial charge in [-0.2, -0.15) is 0 Å². The molecule has 0 atom stereocenters. The van der Waals surface area contributed by atoms with Crippen molar-refractivity contribution in [2.45, 2.75) is 59.9 Å². The van der Waals surface area contributed by atoms with Crippen molar-refractivity contribution < 1.29 is 0 Å². The fourth-order valence-electron chi connectivity index (χ4n) is 5.34. The monoisotopic (exact) mass is 529 g/mol. The minimum atomic E-state index is 0.695. The summed E-state index contributed by atoms with van der Waals surface area (Å²) in [6.45, 7) is 27.5. The lowest BCUT2D eigenvalue weighted by Gasteiger charge is -2.43. The van der Waals surface area contributed by atoms with Gasteiger partial charge in [-0.1, -0.05) is 67.7 Å². The van der Waals surface area contributed by atoms with Crippen LogP contribution in [0.25, 0.3) is 5.70 Å². The van der Waals surface area contributed by atoms with Crippen LogP contribution in [0.5, 0.6) is 0 Å². The zero-order valence-electron chi connectivity index (χ0n) is 25.2. The number of pyridine rings is 1. The predicted octanol–water partition coefficient (Wildman–Crippen LogP) is 6.53. The van der Waals surface area contributed by atoms with Crippen LogP contribution in [0.1, 0.15) is 58.1 Å². The van der Waals surface area contributed by atoms with Crippen LogP contribution in [0.2, 0.25) is 0 Å². The first kappa shape index (κ1) is 30.6. The van der Waals surface area contributed by atoms with Gasteiger partial charge >= 0.3 is 0 Å². The van der Waals surface area contributed by atoms with Crippen LogP contribution in [0.3, 0.4) is 0 Å². The van der Waals surface area contributed by atoms with Crippen molar-refractivity contribution in [1.82, 2.24) is 20.1 Å². The third-order valence-electron chi connectivity index (χ3n) is 8.04. The van der Waals surface area contributed by atoms with Crippen LogP contribution in [-0.4, -0.2) is 73.2 Å². The van der Waals surface area contributed by atoms with E-state index in [0.29, 0.717) is 12.6 Å². The van der Waals surface area contributed by atoms with E-state index in [4.69, 9.17) is 4.98 Å². The molecule has 1 aromatic heterocycles. The molecule has 5 heteroatoms.